The van der Waals surface area contributed by atoms with Crippen molar-refractivity contribution >= 4 is 15.7 Å². The minimum atomic E-state index is -3.68. The molecule has 3 rings (SSSR count). The second-order valence-electron chi connectivity index (χ2n) is 8.71. The lowest BCUT2D eigenvalue weighted by Gasteiger charge is -2.24. The average Bonchev–Trinajstić information content (AvgIpc) is 3.24. The Morgan fingerprint density at radius 2 is 1.74 bits per heavy atom. The van der Waals surface area contributed by atoms with Crippen LogP contribution in [0.3, 0.4) is 0 Å². The number of hydrogen-bond donors (Lipinski definition) is 0. The van der Waals surface area contributed by atoms with Gasteiger partial charge in [-0.05, 0) is 31.9 Å². The van der Waals surface area contributed by atoms with E-state index >= 15 is 0 Å². The lowest BCUT2D eigenvalue weighted by Crippen LogP contribution is -2.35. The van der Waals surface area contributed by atoms with Crippen molar-refractivity contribution in [3.05, 3.63) is 83.2 Å². The maximum absolute atomic E-state index is 13.3. The minimum absolute atomic E-state index is 0.0280. The predicted octanol–water partition coefficient (Wildman–Crippen LogP) is 3.96. The smallest absolute Gasteiger partial charge is 0.228 e. The van der Waals surface area contributed by atoms with Crippen LogP contribution in [0.2, 0.25) is 0 Å². The highest BCUT2D eigenvalue weighted by molar-refractivity contribution is 7.90. The Bertz CT molecular complexity index is 1190. The molecule has 0 aliphatic heterocycles. The summed E-state index contributed by atoms with van der Waals surface area (Å²) >= 11 is 0. The largest absolute Gasteiger partial charge is 0.383 e. The van der Waals surface area contributed by atoms with E-state index in [0.29, 0.717) is 24.4 Å². The molecule has 0 N–H and O–H groups in total. The Balaban J connectivity index is 1.87. The molecular weight excluding hydrogens is 450 g/mol. The van der Waals surface area contributed by atoms with Crippen LogP contribution < -0.4 is 0 Å². The summed E-state index contributed by atoms with van der Waals surface area (Å²) in [7, 11) is -2.09. The number of rotatable bonds is 11. The number of benzene rings is 2. The number of aromatic nitrogens is 2. The molecule has 0 saturated heterocycles. The van der Waals surface area contributed by atoms with Crippen LogP contribution in [0, 0.1) is 6.92 Å². The van der Waals surface area contributed by atoms with Gasteiger partial charge in [0.15, 0.2) is 0 Å². The number of carbonyl (C=O) groups is 1. The number of imidazole rings is 1. The lowest BCUT2D eigenvalue weighted by molar-refractivity contribution is -0.131. The van der Waals surface area contributed by atoms with E-state index in [1.54, 1.807) is 22.8 Å². The van der Waals surface area contributed by atoms with E-state index in [2.05, 4.69) is 4.98 Å². The van der Waals surface area contributed by atoms with Gasteiger partial charge in [0.1, 0.15) is 0 Å². The topological polar surface area (TPSA) is 81.5 Å². The van der Waals surface area contributed by atoms with Crippen molar-refractivity contribution in [1.82, 2.24) is 14.5 Å². The number of sulfone groups is 1. The molecule has 0 aliphatic rings. The highest BCUT2D eigenvalue weighted by Gasteiger charge is 2.27. The van der Waals surface area contributed by atoms with Crippen molar-refractivity contribution in [3.8, 4) is 0 Å². The summed E-state index contributed by atoms with van der Waals surface area (Å²) in [6.45, 7) is 6.83. The molecule has 182 valence electrons. The van der Waals surface area contributed by atoms with Crippen LogP contribution in [-0.2, 0) is 38.1 Å². The zero-order valence-electron chi connectivity index (χ0n) is 20.3. The summed E-state index contributed by atoms with van der Waals surface area (Å²) in [4.78, 5) is 19.1. The molecule has 0 saturated carbocycles. The van der Waals surface area contributed by atoms with Crippen molar-refractivity contribution < 1.29 is 17.9 Å². The standard InChI is InChI=1S/C26H33N3O4S/c1-20(2)29-24(17-27-26(29)34(31,32)19-23-12-10-21(3)11-13-23)18-28(14-15-33-4)25(30)16-22-8-6-5-7-9-22/h5-13,17,20H,14-16,18-19H2,1-4H3. The van der Waals surface area contributed by atoms with Crippen LogP contribution in [-0.4, -0.2) is 49.0 Å². The van der Waals surface area contributed by atoms with Gasteiger partial charge in [-0.3, -0.25) is 4.79 Å². The van der Waals surface area contributed by atoms with Gasteiger partial charge in [-0.15, -0.1) is 0 Å². The number of methoxy groups -OCH3 is 1. The van der Waals surface area contributed by atoms with Gasteiger partial charge < -0.3 is 14.2 Å². The Kier molecular flexibility index (Phi) is 8.63. The first-order chi connectivity index (χ1) is 16.2. The molecular formula is C26H33N3O4S. The van der Waals surface area contributed by atoms with Crippen LogP contribution in [0.1, 0.15) is 42.3 Å². The quantitative estimate of drug-likeness (QED) is 0.412. The van der Waals surface area contributed by atoms with Crippen LogP contribution in [0.15, 0.2) is 66.0 Å². The first-order valence-electron chi connectivity index (χ1n) is 11.4. The molecule has 0 spiro atoms. The molecule has 0 aliphatic carbocycles. The van der Waals surface area contributed by atoms with Crippen molar-refractivity contribution in [2.75, 3.05) is 20.3 Å². The molecule has 3 aromatic rings. The van der Waals surface area contributed by atoms with Crippen LogP contribution in [0.25, 0.3) is 0 Å². The first kappa shape index (κ1) is 25.6. The van der Waals surface area contributed by atoms with Gasteiger partial charge in [0.25, 0.3) is 0 Å². The van der Waals surface area contributed by atoms with Crippen molar-refractivity contribution in [2.24, 2.45) is 0 Å². The third-order valence-electron chi connectivity index (χ3n) is 5.58. The molecule has 34 heavy (non-hydrogen) atoms. The maximum Gasteiger partial charge on any atom is 0.228 e. The van der Waals surface area contributed by atoms with E-state index in [9.17, 15) is 13.2 Å². The zero-order valence-corrected chi connectivity index (χ0v) is 21.1. The zero-order chi connectivity index (χ0) is 24.7. The average molecular weight is 484 g/mol. The first-order valence-corrected chi connectivity index (χ1v) is 13.0. The summed E-state index contributed by atoms with van der Waals surface area (Å²) in [5.41, 5.74) is 3.39. The Hall–Kier alpha value is -2.97. The molecule has 0 atom stereocenters. The number of carbonyl (C=O) groups excluding carboxylic acids is 1. The van der Waals surface area contributed by atoms with Crippen molar-refractivity contribution in [3.63, 3.8) is 0 Å². The van der Waals surface area contributed by atoms with E-state index in [0.717, 1.165) is 11.1 Å². The number of hydrogen-bond acceptors (Lipinski definition) is 5. The van der Waals surface area contributed by atoms with E-state index in [-0.39, 0.29) is 35.8 Å². The molecule has 1 heterocycles. The van der Waals surface area contributed by atoms with Crippen molar-refractivity contribution in [2.45, 2.75) is 50.7 Å². The predicted molar refractivity (Wildman–Crippen MR) is 132 cm³/mol. The van der Waals surface area contributed by atoms with Gasteiger partial charge in [-0.2, -0.15) is 0 Å². The van der Waals surface area contributed by atoms with Crippen LogP contribution in [0.5, 0.6) is 0 Å². The molecule has 8 heteroatoms. The highest BCUT2D eigenvalue weighted by Crippen LogP contribution is 2.23. The van der Waals surface area contributed by atoms with E-state index in [1.165, 1.54) is 0 Å². The second-order valence-corrected chi connectivity index (χ2v) is 10.6. The lowest BCUT2D eigenvalue weighted by atomic mass is 10.1. The summed E-state index contributed by atoms with van der Waals surface area (Å²) in [5.74, 6) is -0.180. The van der Waals surface area contributed by atoms with Gasteiger partial charge in [0.2, 0.25) is 20.9 Å². The third-order valence-corrected chi connectivity index (χ3v) is 7.15. The summed E-state index contributed by atoms with van der Waals surface area (Å²) in [6.07, 6.45) is 1.83. The molecule has 1 aromatic heterocycles. The monoisotopic (exact) mass is 483 g/mol. The molecule has 0 radical (unpaired) electrons. The molecule has 7 nitrogen and oxygen atoms in total. The van der Waals surface area contributed by atoms with Gasteiger partial charge in [-0.25, -0.2) is 13.4 Å². The number of nitrogens with zero attached hydrogens (tertiary/aromatic N) is 3. The third kappa shape index (κ3) is 6.55. The normalized spacial score (nSPS) is 11.7. The molecule has 2 aromatic carbocycles. The fraction of sp³-hybridized carbons (Fsp3) is 0.385. The molecule has 0 unspecified atom stereocenters. The fourth-order valence-electron chi connectivity index (χ4n) is 3.82. The maximum atomic E-state index is 13.3. The Labute approximate surface area is 202 Å². The molecule has 0 bridgehead atoms. The van der Waals surface area contributed by atoms with Crippen molar-refractivity contribution in [1.29, 1.82) is 0 Å². The van der Waals surface area contributed by atoms with Gasteiger partial charge in [0.05, 0.1) is 37.2 Å². The Morgan fingerprint density at radius 1 is 1.06 bits per heavy atom. The van der Waals surface area contributed by atoms with Gasteiger partial charge in [-0.1, -0.05) is 60.2 Å². The van der Waals surface area contributed by atoms with Crippen LogP contribution in [0.4, 0.5) is 0 Å². The van der Waals surface area contributed by atoms with E-state index < -0.39 is 9.84 Å². The summed E-state index contributed by atoms with van der Waals surface area (Å²) in [5, 5.41) is 0.0280. The van der Waals surface area contributed by atoms with E-state index in [4.69, 9.17) is 4.74 Å². The van der Waals surface area contributed by atoms with Gasteiger partial charge in [0, 0.05) is 19.7 Å². The van der Waals surface area contributed by atoms with Gasteiger partial charge >= 0.3 is 0 Å². The van der Waals surface area contributed by atoms with E-state index in [1.807, 2.05) is 75.4 Å². The number of ether oxygens (including phenoxy) is 1. The summed E-state index contributed by atoms with van der Waals surface area (Å²) < 4.78 is 33.5. The number of amides is 1. The highest BCUT2D eigenvalue weighted by atomic mass is 32.2. The molecule has 1 amide bonds. The SMILES string of the molecule is COCCN(Cc1cnc(S(=O)(=O)Cc2ccc(C)cc2)n1C(C)C)C(=O)Cc1ccccc1. The Morgan fingerprint density at radius 3 is 2.35 bits per heavy atom. The second kappa shape index (κ2) is 11.4. The summed E-state index contributed by atoms with van der Waals surface area (Å²) in [6, 6.07) is 16.9. The fourth-order valence-corrected chi connectivity index (χ4v) is 5.42. The number of aryl methyl sites for hydroxylation is 1. The minimum Gasteiger partial charge on any atom is -0.383 e. The van der Waals surface area contributed by atoms with Crippen LogP contribution >= 0.6 is 0 Å². The molecule has 0 fully saturated rings.